The lowest BCUT2D eigenvalue weighted by molar-refractivity contribution is 0.0919. The molecule has 114 valence electrons. The normalized spacial score (nSPS) is 12.9. The molecule has 1 rings (SSSR count). The minimum absolute atomic E-state index is 0.108. The lowest BCUT2D eigenvalue weighted by Gasteiger charge is -2.23. The van der Waals surface area contributed by atoms with Crippen molar-refractivity contribution in [1.82, 2.24) is 25.2 Å². The minimum atomic E-state index is -0.180. The predicted molar refractivity (Wildman–Crippen MR) is 78.3 cm³/mol. The van der Waals surface area contributed by atoms with Crippen molar-refractivity contribution in [3.05, 3.63) is 11.9 Å². The van der Waals surface area contributed by atoms with Gasteiger partial charge < -0.3 is 16.0 Å². The topological polar surface area (TPSA) is 89.1 Å². The highest BCUT2D eigenvalue weighted by molar-refractivity contribution is 5.92. The van der Waals surface area contributed by atoms with E-state index < -0.39 is 0 Å². The molecule has 0 fully saturated rings. The highest BCUT2D eigenvalue weighted by atomic mass is 16.2. The summed E-state index contributed by atoms with van der Waals surface area (Å²) in [4.78, 5) is 14.2. The van der Waals surface area contributed by atoms with Gasteiger partial charge >= 0.3 is 0 Å². The summed E-state index contributed by atoms with van der Waals surface area (Å²) in [5.74, 6) is 0.342. The molecule has 0 bridgehead atoms. The van der Waals surface area contributed by atoms with Crippen molar-refractivity contribution in [1.29, 1.82) is 0 Å². The van der Waals surface area contributed by atoms with Gasteiger partial charge in [-0.2, -0.15) is 0 Å². The summed E-state index contributed by atoms with van der Waals surface area (Å²) in [6.45, 7) is 6.13. The molecule has 0 saturated heterocycles. The number of carbonyl (C=O) groups is 1. The van der Waals surface area contributed by atoms with E-state index >= 15 is 0 Å². The fourth-order valence-electron chi connectivity index (χ4n) is 2.09. The van der Waals surface area contributed by atoms with Crippen molar-refractivity contribution >= 4 is 5.91 Å². The van der Waals surface area contributed by atoms with Gasteiger partial charge in [-0.15, -0.1) is 5.10 Å². The van der Waals surface area contributed by atoms with Crippen LogP contribution >= 0.6 is 0 Å². The Kier molecular flexibility index (Phi) is 6.60. The molecule has 7 heteroatoms. The van der Waals surface area contributed by atoms with E-state index in [1.807, 2.05) is 14.1 Å². The number of nitrogens with one attached hydrogen (secondary N) is 1. The van der Waals surface area contributed by atoms with Gasteiger partial charge in [0.1, 0.15) is 0 Å². The summed E-state index contributed by atoms with van der Waals surface area (Å²) >= 11 is 0. The lowest BCUT2D eigenvalue weighted by atomic mass is 10.0. The molecule has 1 amide bonds. The molecule has 1 aromatic rings. The second-order valence-electron chi connectivity index (χ2n) is 5.72. The zero-order valence-electron chi connectivity index (χ0n) is 12.8. The molecule has 0 aromatic carbocycles. The summed E-state index contributed by atoms with van der Waals surface area (Å²) in [6, 6.07) is 0.108. The van der Waals surface area contributed by atoms with Crippen LogP contribution in [0, 0.1) is 5.92 Å². The zero-order valence-corrected chi connectivity index (χ0v) is 12.8. The molecule has 1 atom stereocenters. The Labute approximate surface area is 120 Å². The maximum atomic E-state index is 12.2. The molecule has 0 spiro atoms. The maximum Gasteiger partial charge on any atom is 0.273 e. The number of nitrogens with two attached hydrogens (primary N) is 1. The van der Waals surface area contributed by atoms with Gasteiger partial charge in [0.15, 0.2) is 5.69 Å². The van der Waals surface area contributed by atoms with Gasteiger partial charge in [-0.1, -0.05) is 19.1 Å². The highest BCUT2D eigenvalue weighted by Crippen LogP contribution is 2.06. The van der Waals surface area contributed by atoms with E-state index in [1.165, 1.54) is 0 Å². The van der Waals surface area contributed by atoms with Crippen LogP contribution in [0.25, 0.3) is 0 Å². The fraction of sp³-hybridized carbons (Fsp3) is 0.769. The van der Waals surface area contributed by atoms with Crippen LogP contribution in [0.3, 0.4) is 0 Å². The monoisotopic (exact) mass is 282 g/mol. The van der Waals surface area contributed by atoms with Crippen molar-refractivity contribution in [3.8, 4) is 0 Å². The van der Waals surface area contributed by atoms with E-state index in [-0.39, 0.29) is 11.9 Å². The van der Waals surface area contributed by atoms with Crippen molar-refractivity contribution in [2.24, 2.45) is 11.7 Å². The number of nitrogens with zero attached hydrogens (tertiary/aromatic N) is 4. The predicted octanol–water partition coefficient (Wildman–Crippen LogP) is -0.0571. The largest absolute Gasteiger partial charge is 0.347 e. The molecule has 20 heavy (non-hydrogen) atoms. The Morgan fingerprint density at radius 2 is 2.20 bits per heavy atom. The molecule has 0 aliphatic rings. The summed E-state index contributed by atoms with van der Waals surface area (Å²) < 4.78 is 1.58. The minimum Gasteiger partial charge on any atom is -0.347 e. The number of hydrogen-bond donors (Lipinski definition) is 2. The Hall–Kier alpha value is -1.47. The first kappa shape index (κ1) is 16.6. The molecule has 0 aliphatic heterocycles. The van der Waals surface area contributed by atoms with Crippen LogP contribution in [0.15, 0.2) is 6.20 Å². The molecule has 7 nitrogen and oxygen atoms in total. The van der Waals surface area contributed by atoms with E-state index in [9.17, 15) is 4.79 Å². The van der Waals surface area contributed by atoms with Crippen LogP contribution < -0.4 is 11.1 Å². The highest BCUT2D eigenvalue weighted by Gasteiger charge is 2.18. The molecule has 3 N–H and O–H groups in total. The number of amides is 1. The quantitative estimate of drug-likeness (QED) is 0.697. The molecular formula is C13H26N6O. The molecule has 0 aliphatic carbocycles. The van der Waals surface area contributed by atoms with Crippen molar-refractivity contribution < 1.29 is 4.79 Å². The first-order valence-corrected chi connectivity index (χ1v) is 6.98. The van der Waals surface area contributed by atoms with Gasteiger partial charge in [-0.25, -0.2) is 0 Å². The molecule has 1 heterocycles. The first-order valence-electron chi connectivity index (χ1n) is 6.98. The fourth-order valence-corrected chi connectivity index (χ4v) is 2.09. The van der Waals surface area contributed by atoms with Gasteiger partial charge in [0.25, 0.3) is 5.91 Å². The Balaban J connectivity index is 2.63. The van der Waals surface area contributed by atoms with Crippen LogP contribution in [0.1, 0.15) is 30.8 Å². The van der Waals surface area contributed by atoms with Crippen molar-refractivity contribution in [3.63, 3.8) is 0 Å². The number of hydrogen-bond acceptors (Lipinski definition) is 5. The zero-order chi connectivity index (χ0) is 15.1. The maximum absolute atomic E-state index is 12.2. The van der Waals surface area contributed by atoms with Gasteiger partial charge in [-0.3, -0.25) is 9.48 Å². The summed E-state index contributed by atoms with van der Waals surface area (Å²) in [7, 11) is 3.99. The van der Waals surface area contributed by atoms with Crippen LogP contribution in [0.5, 0.6) is 0 Å². The van der Waals surface area contributed by atoms with Gasteiger partial charge in [0.05, 0.1) is 12.7 Å². The first-order chi connectivity index (χ1) is 9.42. The van der Waals surface area contributed by atoms with Crippen molar-refractivity contribution in [2.45, 2.75) is 32.9 Å². The van der Waals surface area contributed by atoms with Gasteiger partial charge in [-0.05, 0) is 26.4 Å². The third-order valence-electron chi connectivity index (χ3n) is 2.81. The van der Waals surface area contributed by atoms with Crippen LogP contribution in [-0.2, 0) is 6.54 Å². The molecular weight excluding hydrogens is 256 g/mol. The molecule has 1 aromatic heterocycles. The van der Waals surface area contributed by atoms with E-state index in [2.05, 4.69) is 34.4 Å². The van der Waals surface area contributed by atoms with E-state index in [0.717, 1.165) is 13.0 Å². The second-order valence-corrected chi connectivity index (χ2v) is 5.72. The van der Waals surface area contributed by atoms with Crippen molar-refractivity contribution in [2.75, 3.05) is 27.2 Å². The van der Waals surface area contributed by atoms with Crippen LogP contribution in [-0.4, -0.2) is 59.0 Å². The number of carbonyl (C=O) groups excluding carboxylic acids is 1. The molecule has 1 unspecified atom stereocenters. The Morgan fingerprint density at radius 1 is 1.50 bits per heavy atom. The molecule has 0 radical (unpaired) electrons. The average Bonchev–Trinajstić information content (AvgIpc) is 2.76. The number of rotatable bonds is 8. The SMILES string of the molecule is CC(C)CC(CN(C)C)NC(=O)c1cn(CCN)nn1. The van der Waals surface area contributed by atoms with E-state index in [0.29, 0.717) is 24.7 Å². The van der Waals surface area contributed by atoms with Crippen LogP contribution in [0.4, 0.5) is 0 Å². The summed E-state index contributed by atoms with van der Waals surface area (Å²) in [5.41, 5.74) is 5.78. The smallest absolute Gasteiger partial charge is 0.273 e. The van der Waals surface area contributed by atoms with Gasteiger partial charge in [0.2, 0.25) is 0 Å². The third-order valence-corrected chi connectivity index (χ3v) is 2.81. The van der Waals surface area contributed by atoms with E-state index in [1.54, 1.807) is 10.9 Å². The molecule has 0 saturated carbocycles. The van der Waals surface area contributed by atoms with E-state index in [4.69, 9.17) is 5.73 Å². The second kappa shape index (κ2) is 7.96. The third kappa shape index (κ3) is 5.66. The lowest BCUT2D eigenvalue weighted by Crippen LogP contribution is -2.42. The Bertz CT molecular complexity index is 405. The van der Waals surface area contributed by atoms with Gasteiger partial charge in [0, 0.05) is 19.1 Å². The summed E-state index contributed by atoms with van der Waals surface area (Å²) in [5, 5.41) is 10.8. The number of aromatic nitrogens is 3. The number of likely N-dealkylation sites (N-methyl/N-ethyl adjacent to an activating group) is 1. The standard InChI is InChI=1S/C13H26N6O/c1-10(2)7-11(8-18(3)4)15-13(20)12-9-19(6-5-14)17-16-12/h9-11H,5-8,14H2,1-4H3,(H,15,20). The Morgan fingerprint density at radius 3 is 2.75 bits per heavy atom. The van der Waals surface area contributed by atoms with Crippen LogP contribution in [0.2, 0.25) is 0 Å². The average molecular weight is 282 g/mol. The summed E-state index contributed by atoms with van der Waals surface area (Å²) in [6.07, 6.45) is 2.56.